The lowest BCUT2D eigenvalue weighted by Crippen LogP contribution is -2.25. The Kier molecular flexibility index (Phi) is 6.05. The van der Waals surface area contributed by atoms with E-state index in [-0.39, 0.29) is 23.2 Å². The Morgan fingerprint density at radius 2 is 1.91 bits per heavy atom. The summed E-state index contributed by atoms with van der Waals surface area (Å²) < 4.78 is 42.0. The second-order valence-electron chi connectivity index (χ2n) is 7.88. The summed E-state index contributed by atoms with van der Waals surface area (Å²) in [4.78, 5) is 21.0. The molecular formula is C24H21F3N4O. The van der Waals surface area contributed by atoms with Gasteiger partial charge in [-0.15, -0.1) is 0 Å². The van der Waals surface area contributed by atoms with Crippen molar-refractivity contribution in [3.05, 3.63) is 89.2 Å². The fraction of sp³-hybridized carbons (Fsp3) is 0.208. The van der Waals surface area contributed by atoms with Crippen LogP contribution in [0.25, 0.3) is 11.3 Å². The third-order valence-corrected chi connectivity index (χ3v) is 5.43. The molecule has 0 bridgehead atoms. The van der Waals surface area contributed by atoms with Crippen molar-refractivity contribution in [3.63, 3.8) is 0 Å². The number of aromatic nitrogens is 2. The molecule has 1 aromatic carbocycles. The Bertz CT molecular complexity index is 1210. The minimum absolute atomic E-state index is 0.0760. The van der Waals surface area contributed by atoms with Crippen LogP contribution in [0.5, 0.6) is 0 Å². The molecule has 2 aromatic heterocycles. The van der Waals surface area contributed by atoms with E-state index < -0.39 is 29.1 Å². The molecule has 2 unspecified atom stereocenters. The predicted octanol–water partition coefficient (Wildman–Crippen LogP) is 4.96. The summed E-state index contributed by atoms with van der Waals surface area (Å²) >= 11 is 0. The van der Waals surface area contributed by atoms with Crippen molar-refractivity contribution in [1.29, 1.82) is 0 Å². The first-order chi connectivity index (χ1) is 15.3. The third kappa shape index (κ3) is 4.55. The minimum atomic E-state index is -0.869. The monoisotopic (exact) mass is 438 g/mol. The highest BCUT2D eigenvalue weighted by Gasteiger charge is 2.24. The smallest absolute Gasteiger partial charge is 0.274 e. The molecule has 3 N–H and O–H groups in total. The number of allylic oxidation sites excluding steroid dienone is 1. The molecule has 2 heterocycles. The molecular weight excluding hydrogens is 417 g/mol. The van der Waals surface area contributed by atoms with Gasteiger partial charge in [-0.25, -0.2) is 18.2 Å². The highest BCUT2D eigenvalue weighted by atomic mass is 19.1. The number of benzene rings is 1. The highest BCUT2D eigenvalue weighted by molar-refractivity contribution is 6.03. The van der Waals surface area contributed by atoms with Crippen molar-refractivity contribution >= 4 is 11.6 Å². The quantitative estimate of drug-likeness (QED) is 0.564. The number of pyridine rings is 2. The first-order valence-corrected chi connectivity index (χ1v) is 10.1. The van der Waals surface area contributed by atoms with Gasteiger partial charge in [0.1, 0.15) is 28.8 Å². The molecule has 0 saturated heterocycles. The van der Waals surface area contributed by atoms with E-state index in [9.17, 15) is 18.0 Å². The fourth-order valence-electron chi connectivity index (χ4n) is 4.03. The lowest BCUT2D eigenvalue weighted by atomic mass is 9.82. The zero-order chi connectivity index (χ0) is 22.8. The number of carbonyl (C=O) groups is 1. The van der Waals surface area contributed by atoms with Gasteiger partial charge in [-0.05, 0) is 67.6 Å². The van der Waals surface area contributed by atoms with Gasteiger partial charge in [-0.1, -0.05) is 11.6 Å². The molecule has 1 aliphatic carbocycles. The van der Waals surface area contributed by atoms with E-state index in [4.69, 9.17) is 5.73 Å². The maximum atomic E-state index is 14.3. The highest BCUT2D eigenvalue weighted by Crippen LogP contribution is 2.36. The number of hydrogen-bond acceptors (Lipinski definition) is 4. The van der Waals surface area contributed by atoms with Crippen LogP contribution in [0, 0.1) is 17.5 Å². The van der Waals surface area contributed by atoms with Crippen LogP contribution < -0.4 is 11.1 Å². The zero-order valence-electron chi connectivity index (χ0n) is 17.3. The second kappa shape index (κ2) is 8.92. The number of amides is 1. The van der Waals surface area contributed by atoms with Crippen LogP contribution in [0.4, 0.5) is 18.9 Å². The van der Waals surface area contributed by atoms with Crippen LogP contribution in [0.3, 0.4) is 0 Å². The van der Waals surface area contributed by atoms with Gasteiger partial charge in [0.2, 0.25) is 0 Å². The maximum absolute atomic E-state index is 14.3. The Labute approximate surface area is 183 Å². The summed E-state index contributed by atoms with van der Waals surface area (Å²) in [7, 11) is 0. The molecule has 1 amide bonds. The van der Waals surface area contributed by atoms with Crippen molar-refractivity contribution in [1.82, 2.24) is 9.97 Å². The van der Waals surface area contributed by atoms with E-state index in [1.54, 1.807) is 6.20 Å². The summed E-state index contributed by atoms with van der Waals surface area (Å²) in [6.45, 7) is 2.01. The number of nitrogens with zero attached hydrogens (tertiary/aromatic N) is 2. The van der Waals surface area contributed by atoms with Gasteiger partial charge in [-0.3, -0.25) is 9.78 Å². The molecule has 0 fully saturated rings. The summed E-state index contributed by atoms with van der Waals surface area (Å²) in [5.74, 6) is -2.97. The molecule has 0 radical (unpaired) electrons. The van der Waals surface area contributed by atoms with Crippen LogP contribution in [-0.2, 0) is 0 Å². The van der Waals surface area contributed by atoms with Crippen molar-refractivity contribution in [2.24, 2.45) is 5.73 Å². The van der Waals surface area contributed by atoms with Gasteiger partial charge >= 0.3 is 0 Å². The Hall–Kier alpha value is -3.52. The van der Waals surface area contributed by atoms with Gasteiger partial charge in [0.05, 0.1) is 11.9 Å². The van der Waals surface area contributed by atoms with Gasteiger partial charge in [0, 0.05) is 17.8 Å². The van der Waals surface area contributed by atoms with Crippen molar-refractivity contribution in [3.8, 4) is 11.3 Å². The standard InChI is InChI=1S/C24H21F3N4O/c1-13-8-14(10-16(28)9-13)17-6-7-29-12-22(17)31-24(32)21-5-4-20(27)23(30-21)18-11-15(25)2-3-19(18)26/h2-7,9,11-12,14,16H,8,10,28H2,1H3,(H,31,32). The van der Waals surface area contributed by atoms with Gasteiger partial charge in [0.25, 0.3) is 5.91 Å². The summed E-state index contributed by atoms with van der Waals surface area (Å²) in [5.41, 5.74) is 7.72. The Morgan fingerprint density at radius 3 is 2.69 bits per heavy atom. The Balaban J connectivity index is 1.64. The van der Waals surface area contributed by atoms with E-state index >= 15 is 0 Å². The van der Waals surface area contributed by atoms with Gasteiger partial charge in [-0.2, -0.15) is 0 Å². The Morgan fingerprint density at radius 1 is 1.12 bits per heavy atom. The number of anilines is 1. The van der Waals surface area contributed by atoms with E-state index in [2.05, 4.69) is 15.3 Å². The summed E-state index contributed by atoms with van der Waals surface area (Å²) in [6, 6.07) is 6.58. The molecule has 0 aliphatic heterocycles. The first kappa shape index (κ1) is 21.7. The molecule has 2 atom stereocenters. The van der Waals surface area contributed by atoms with Crippen molar-refractivity contribution < 1.29 is 18.0 Å². The summed E-state index contributed by atoms with van der Waals surface area (Å²) in [5, 5.41) is 2.76. The van der Waals surface area contributed by atoms with E-state index in [1.165, 1.54) is 17.8 Å². The molecule has 5 nitrogen and oxygen atoms in total. The molecule has 32 heavy (non-hydrogen) atoms. The van der Waals surface area contributed by atoms with Crippen LogP contribution in [-0.4, -0.2) is 21.9 Å². The van der Waals surface area contributed by atoms with Crippen LogP contribution in [0.2, 0.25) is 0 Å². The number of carbonyl (C=O) groups excluding carboxylic acids is 1. The van der Waals surface area contributed by atoms with E-state index in [0.29, 0.717) is 5.69 Å². The third-order valence-electron chi connectivity index (χ3n) is 5.43. The number of nitrogens with one attached hydrogen (secondary N) is 1. The fourth-order valence-corrected chi connectivity index (χ4v) is 4.03. The molecule has 0 spiro atoms. The van der Waals surface area contributed by atoms with E-state index in [0.717, 1.165) is 42.7 Å². The average Bonchev–Trinajstić information content (AvgIpc) is 2.75. The SMILES string of the molecule is CC1=CC(N)CC(c2ccncc2NC(=O)c2ccc(F)c(-c3cc(F)ccc3F)n2)C1. The first-order valence-electron chi connectivity index (χ1n) is 10.1. The number of halogens is 3. The molecule has 1 aliphatic rings. The van der Waals surface area contributed by atoms with Crippen LogP contribution >= 0.6 is 0 Å². The minimum Gasteiger partial charge on any atom is -0.324 e. The molecule has 8 heteroatoms. The number of nitrogens with two attached hydrogens (primary N) is 1. The van der Waals surface area contributed by atoms with Gasteiger partial charge in [0.15, 0.2) is 0 Å². The topological polar surface area (TPSA) is 80.9 Å². The average molecular weight is 438 g/mol. The van der Waals surface area contributed by atoms with Crippen LogP contribution in [0.1, 0.15) is 41.7 Å². The molecule has 0 saturated carbocycles. The van der Waals surface area contributed by atoms with E-state index in [1.807, 2.05) is 19.1 Å². The van der Waals surface area contributed by atoms with Gasteiger partial charge < -0.3 is 11.1 Å². The van der Waals surface area contributed by atoms with Crippen molar-refractivity contribution in [2.45, 2.75) is 31.7 Å². The largest absolute Gasteiger partial charge is 0.324 e. The number of rotatable bonds is 4. The predicted molar refractivity (Wildman–Crippen MR) is 115 cm³/mol. The zero-order valence-corrected chi connectivity index (χ0v) is 17.3. The molecule has 3 aromatic rings. The molecule has 4 rings (SSSR count). The number of hydrogen-bond donors (Lipinski definition) is 2. The lowest BCUT2D eigenvalue weighted by molar-refractivity contribution is 0.102. The van der Waals surface area contributed by atoms with Crippen LogP contribution in [0.15, 0.2) is 60.4 Å². The van der Waals surface area contributed by atoms with Crippen molar-refractivity contribution in [2.75, 3.05) is 5.32 Å². The maximum Gasteiger partial charge on any atom is 0.274 e. The lowest BCUT2D eigenvalue weighted by Gasteiger charge is -2.27. The normalized spacial score (nSPS) is 18.2. The summed E-state index contributed by atoms with van der Waals surface area (Å²) in [6.07, 6.45) is 6.74. The molecule has 164 valence electrons. The second-order valence-corrected chi connectivity index (χ2v) is 7.88.